The first kappa shape index (κ1) is 24.8. The van der Waals surface area contributed by atoms with E-state index in [2.05, 4.69) is 28.8 Å². The molecule has 1 aromatic rings. The number of carbonyl (C=O) groups is 1. The van der Waals surface area contributed by atoms with E-state index in [1.165, 1.54) is 16.4 Å². The van der Waals surface area contributed by atoms with Crippen LogP contribution in [0, 0.1) is 11.8 Å². The number of alkyl halides is 3. The van der Waals surface area contributed by atoms with Crippen molar-refractivity contribution < 1.29 is 31.1 Å². The largest absolute Gasteiger partial charge is 0.573 e. The van der Waals surface area contributed by atoms with Gasteiger partial charge < -0.3 is 15.0 Å². The molecule has 0 spiro atoms. The second kappa shape index (κ2) is 9.96. The lowest BCUT2D eigenvalue weighted by molar-refractivity contribution is -0.274. The number of piperidine rings is 1. The average molecular weight is 478 g/mol. The van der Waals surface area contributed by atoms with E-state index in [1.54, 1.807) is 0 Å². The quantitative estimate of drug-likeness (QED) is 0.654. The summed E-state index contributed by atoms with van der Waals surface area (Å²) in [6, 6.07) is 4.84. The van der Waals surface area contributed by atoms with Crippen LogP contribution in [-0.2, 0) is 14.8 Å². The summed E-state index contributed by atoms with van der Waals surface area (Å²) in [5.41, 5.74) is 0. The van der Waals surface area contributed by atoms with E-state index in [4.69, 9.17) is 0 Å². The van der Waals surface area contributed by atoms with Crippen LogP contribution in [-0.4, -0.2) is 68.7 Å². The van der Waals surface area contributed by atoms with Crippen LogP contribution in [0.2, 0.25) is 0 Å². The first-order chi connectivity index (χ1) is 15.0. The zero-order valence-corrected chi connectivity index (χ0v) is 19.1. The Balaban J connectivity index is 1.51. The van der Waals surface area contributed by atoms with Crippen LogP contribution in [0.4, 0.5) is 13.2 Å². The molecule has 7 nitrogen and oxygen atoms in total. The van der Waals surface area contributed by atoms with Crippen LogP contribution < -0.4 is 10.1 Å². The normalized spacial score (nSPS) is 21.8. The first-order valence-corrected chi connectivity index (χ1v) is 12.3. The number of benzene rings is 1. The van der Waals surface area contributed by atoms with Gasteiger partial charge in [-0.1, -0.05) is 6.07 Å². The zero-order chi connectivity index (χ0) is 23.5. The Hall–Kier alpha value is -1.85. The molecule has 180 valence electrons. The Morgan fingerprint density at radius 1 is 1.19 bits per heavy atom. The number of hydrogen-bond donors (Lipinski definition) is 1. The third kappa shape index (κ3) is 6.35. The molecule has 2 fully saturated rings. The van der Waals surface area contributed by atoms with Crippen LogP contribution >= 0.6 is 0 Å². The highest BCUT2D eigenvalue weighted by Gasteiger charge is 2.34. The summed E-state index contributed by atoms with van der Waals surface area (Å²) in [6.45, 7) is 7.19. The van der Waals surface area contributed by atoms with E-state index in [0.717, 1.165) is 31.6 Å². The molecule has 2 heterocycles. The number of sulfonamides is 1. The minimum atomic E-state index is -4.90. The molecule has 0 saturated carbocycles. The number of likely N-dealkylation sites (tertiary alicyclic amines) is 1. The maximum Gasteiger partial charge on any atom is 0.573 e. The van der Waals surface area contributed by atoms with Gasteiger partial charge in [0.2, 0.25) is 15.9 Å². The van der Waals surface area contributed by atoms with Gasteiger partial charge >= 0.3 is 6.36 Å². The minimum Gasteiger partial charge on any atom is -0.406 e. The third-order valence-corrected chi connectivity index (χ3v) is 8.01. The van der Waals surface area contributed by atoms with Gasteiger partial charge in [0.25, 0.3) is 0 Å². The van der Waals surface area contributed by atoms with E-state index in [0.29, 0.717) is 31.3 Å². The number of nitrogens with zero attached hydrogens (tertiary/aromatic N) is 2. The fraction of sp³-hybridized carbons (Fsp3) is 0.667. The zero-order valence-electron chi connectivity index (χ0n) is 18.3. The molecule has 2 aliphatic heterocycles. The monoisotopic (exact) mass is 477 g/mol. The Kier molecular flexibility index (Phi) is 7.72. The molecular weight excluding hydrogens is 447 g/mol. The molecule has 11 heteroatoms. The first-order valence-electron chi connectivity index (χ1n) is 10.8. The van der Waals surface area contributed by atoms with Crippen LogP contribution in [0.1, 0.15) is 33.1 Å². The van der Waals surface area contributed by atoms with Crippen LogP contribution in [0.25, 0.3) is 0 Å². The van der Waals surface area contributed by atoms with Crippen molar-refractivity contribution >= 4 is 15.9 Å². The SMILES string of the molecule is CC(C)N1CCC(CNC(=O)C2CCN(S(=O)(=O)c3cccc(OC(F)(F)F)c3)CC2)C1. The summed E-state index contributed by atoms with van der Waals surface area (Å²) in [7, 11) is -3.98. The van der Waals surface area contributed by atoms with Gasteiger partial charge in [-0.05, 0) is 57.7 Å². The number of hydrogen-bond acceptors (Lipinski definition) is 5. The van der Waals surface area contributed by atoms with Gasteiger partial charge in [0.05, 0.1) is 4.90 Å². The fourth-order valence-electron chi connectivity index (χ4n) is 4.23. The number of nitrogens with one attached hydrogen (secondary N) is 1. The number of carbonyl (C=O) groups excluding carboxylic acids is 1. The lowest BCUT2D eigenvalue weighted by Crippen LogP contribution is -2.44. The Morgan fingerprint density at radius 2 is 1.88 bits per heavy atom. The van der Waals surface area contributed by atoms with Crippen molar-refractivity contribution in [1.82, 2.24) is 14.5 Å². The summed E-state index contributed by atoms with van der Waals surface area (Å²) in [6.07, 6.45) is -3.12. The van der Waals surface area contributed by atoms with Gasteiger partial charge in [0, 0.05) is 44.2 Å². The summed E-state index contributed by atoms with van der Waals surface area (Å²) >= 11 is 0. The molecule has 1 aromatic carbocycles. The van der Waals surface area contributed by atoms with E-state index >= 15 is 0 Å². The maximum absolute atomic E-state index is 12.9. The van der Waals surface area contributed by atoms with Crippen molar-refractivity contribution in [3.8, 4) is 5.75 Å². The summed E-state index contributed by atoms with van der Waals surface area (Å²) in [5, 5.41) is 3.01. The summed E-state index contributed by atoms with van der Waals surface area (Å²) in [4.78, 5) is 14.7. The maximum atomic E-state index is 12.9. The number of rotatable bonds is 7. The predicted molar refractivity (Wildman–Crippen MR) is 112 cm³/mol. The van der Waals surface area contributed by atoms with Crippen LogP contribution in [0.15, 0.2) is 29.2 Å². The topological polar surface area (TPSA) is 79.0 Å². The molecule has 0 aromatic heterocycles. The molecule has 1 amide bonds. The van der Waals surface area contributed by atoms with Gasteiger partial charge in [-0.3, -0.25) is 4.79 Å². The van der Waals surface area contributed by atoms with Gasteiger partial charge in [0.1, 0.15) is 5.75 Å². The Labute approximate surface area is 186 Å². The van der Waals surface area contributed by atoms with Gasteiger partial charge in [-0.25, -0.2) is 8.42 Å². The second-order valence-corrected chi connectivity index (χ2v) is 10.6. The van der Waals surface area contributed by atoms with Crippen molar-refractivity contribution in [3.05, 3.63) is 24.3 Å². The predicted octanol–water partition coefficient (Wildman–Crippen LogP) is 2.83. The average Bonchev–Trinajstić information content (AvgIpc) is 3.20. The molecular formula is C21H30F3N3O4S. The highest BCUT2D eigenvalue weighted by Crippen LogP contribution is 2.28. The number of amides is 1. The summed E-state index contributed by atoms with van der Waals surface area (Å²) in [5.74, 6) is -0.502. The van der Waals surface area contributed by atoms with Gasteiger partial charge in [-0.15, -0.1) is 13.2 Å². The molecule has 32 heavy (non-hydrogen) atoms. The molecule has 2 aliphatic rings. The number of halogens is 3. The molecule has 2 saturated heterocycles. The fourth-order valence-corrected chi connectivity index (χ4v) is 5.73. The second-order valence-electron chi connectivity index (χ2n) is 8.69. The van der Waals surface area contributed by atoms with Crippen molar-refractivity contribution in [2.45, 2.75) is 50.4 Å². The molecule has 0 bridgehead atoms. The number of ether oxygens (including phenoxy) is 1. The van der Waals surface area contributed by atoms with Crippen molar-refractivity contribution in [2.75, 3.05) is 32.7 Å². The Morgan fingerprint density at radius 3 is 2.47 bits per heavy atom. The molecule has 1 atom stereocenters. The molecule has 1 unspecified atom stereocenters. The standard InChI is InChI=1S/C21H30F3N3O4S/c1-15(2)26-9-6-16(14-26)13-25-20(28)17-7-10-27(11-8-17)32(29,30)19-5-3-4-18(12-19)31-21(22,23)24/h3-5,12,15-17H,6-11,13-14H2,1-2H3,(H,25,28). The van der Waals surface area contributed by atoms with Gasteiger partial charge in [0.15, 0.2) is 0 Å². The van der Waals surface area contributed by atoms with E-state index < -0.39 is 22.1 Å². The third-order valence-electron chi connectivity index (χ3n) is 6.11. The van der Waals surface area contributed by atoms with Crippen LogP contribution in [0.5, 0.6) is 5.75 Å². The smallest absolute Gasteiger partial charge is 0.406 e. The van der Waals surface area contributed by atoms with Crippen molar-refractivity contribution in [3.63, 3.8) is 0 Å². The molecule has 0 radical (unpaired) electrons. The van der Waals surface area contributed by atoms with E-state index in [1.807, 2.05) is 0 Å². The molecule has 0 aliphatic carbocycles. The summed E-state index contributed by atoms with van der Waals surface area (Å²) < 4.78 is 68.0. The highest BCUT2D eigenvalue weighted by atomic mass is 32.2. The Bertz CT molecular complexity index is 900. The van der Waals surface area contributed by atoms with Crippen molar-refractivity contribution in [1.29, 1.82) is 0 Å². The molecule has 3 rings (SSSR count). The van der Waals surface area contributed by atoms with E-state index in [9.17, 15) is 26.4 Å². The lowest BCUT2D eigenvalue weighted by Gasteiger charge is -2.31. The molecule has 1 N–H and O–H groups in total. The van der Waals surface area contributed by atoms with Crippen LogP contribution in [0.3, 0.4) is 0 Å². The highest BCUT2D eigenvalue weighted by molar-refractivity contribution is 7.89. The van der Waals surface area contributed by atoms with E-state index in [-0.39, 0.29) is 29.8 Å². The van der Waals surface area contributed by atoms with Gasteiger partial charge in [-0.2, -0.15) is 4.31 Å². The lowest BCUT2D eigenvalue weighted by atomic mass is 9.97. The van der Waals surface area contributed by atoms with Crippen molar-refractivity contribution in [2.24, 2.45) is 11.8 Å². The minimum absolute atomic E-state index is 0.0642.